The molecule has 1 fully saturated rings. The van der Waals surface area contributed by atoms with E-state index in [2.05, 4.69) is 52.0 Å². The first kappa shape index (κ1) is 19.8. The van der Waals surface area contributed by atoms with Crippen LogP contribution in [0.4, 0.5) is 0 Å². The minimum Gasteiger partial charge on any atom is -0.342 e. The number of likely N-dealkylation sites (tertiary alicyclic amines) is 1. The van der Waals surface area contributed by atoms with Gasteiger partial charge in [-0.05, 0) is 36.6 Å². The quantitative estimate of drug-likeness (QED) is 0.401. The number of H-pyrrole nitrogens is 1. The molecule has 0 saturated carbocycles. The monoisotopic (exact) mass is 434 g/mol. The Morgan fingerprint density at radius 2 is 1.76 bits per heavy atom. The van der Waals surface area contributed by atoms with Gasteiger partial charge in [-0.15, -0.1) is 0 Å². The van der Waals surface area contributed by atoms with E-state index in [4.69, 9.17) is 4.98 Å². The molecule has 3 heterocycles. The van der Waals surface area contributed by atoms with Gasteiger partial charge < -0.3 is 14.5 Å². The van der Waals surface area contributed by atoms with Crippen molar-refractivity contribution in [1.29, 1.82) is 0 Å². The summed E-state index contributed by atoms with van der Waals surface area (Å²) in [4.78, 5) is 24.0. The Morgan fingerprint density at radius 3 is 2.64 bits per heavy atom. The van der Waals surface area contributed by atoms with Crippen molar-refractivity contribution >= 4 is 27.8 Å². The van der Waals surface area contributed by atoms with Crippen molar-refractivity contribution < 1.29 is 4.79 Å². The minimum atomic E-state index is 0.110. The number of aromatic amines is 1. The van der Waals surface area contributed by atoms with E-state index in [9.17, 15) is 4.79 Å². The van der Waals surface area contributed by atoms with Crippen molar-refractivity contribution in [1.82, 2.24) is 19.4 Å². The maximum absolute atomic E-state index is 13.7. The summed E-state index contributed by atoms with van der Waals surface area (Å²) >= 11 is 0. The van der Waals surface area contributed by atoms with Crippen molar-refractivity contribution in [2.24, 2.45) is 0 Å². The molecule has 1 saturated heterocycles. The molecule has 0 bridgehead atoms. The van der Waals surface area contributed by atoms with Gasteiger partial charge in [0.1, 0.15) is 5.82 Å². The first-order valence-corrected chi connectivity index (χ1v) is 11.6. The lowest BCUT2D eigenvalue weighted by molar-refractivity contribution is 0.0706. The number of hydrogen-bond acceptors (Lipinski definition) is 2. The SMILES string of the molecule is O=C(c1cn(Cc2ccccc2)c2ccccc12)N1CCCC(c2nc3ccccc3[nH]2)C1. The number of imidazole rings is 1. The smallest absolute Gasteiger partial charge is 0.256 e. The lowest BCUT2D eigenvalue weighted by Crippen LogP contribution is -2.39. The van der Waals surface area contributed by atoms with Gasteiger partial charge in [0.2, 0.25) is 0 Å². The molecule has 1 aliphatic rings. The van der Waals surface area contributed by atoms with E-state index in [0.29, 0.717) is 6.54 Å². The topological polar surface area (TPSA) is 53.9 Å². The average Bonchev–Trinajstić information content (AvgIpc) is 3.47. The van der Waals surface area contributed by atoms with Crippen molar-refractivity contribution in [3.8, 4) is 0 Å². The van der Waals surface area contributed by atoms with E-state index in [1.54, 1.807) is 0 Å². The second-order valence-corrected chi connectivity index (χ2v) is 8.90. The highest BCUT2D eigenvalue weighted by atomic mass is 16.2. The molecule has 3 aromatic carbocycles. The van der Waals surface area contributed by atoms with Crippen molar-refractivity contribution in [3.63, 3.8) is 0 Å². The minimum absolute atomic E-state index is 0.110. The third-order valence-electron chi connectivity index (χ3n) is 6.72. The molecule has 164 valence electrons. The fourth-order valence-electron chi connectivity index (χ4n) is 5.05. The van der Waals surface area contributed by atoms with Gasteiger partial charge in [0.25, 0.3) is 5.91 Å². The molecule has 1 N–H and O–H groups in total. The molecular weight excluding hydrogens is 408 g/mol. The van der Waals surface area contributed by atoms with Crippen LogP contribution in [0.5, 0.6) is 0 Å². The van der Waals surface area contributed by atoms with E-state index in [1.165, 1.54) is 5.56 Å². The molecule has 1 aliphatic heterocycles. The highest BCUT2D eigenvalue weighted by Gasteiger charge is 2.29. The molecule has 33 heavy (non-hydrogen) atoms. The first-order valence-electron chi connectivity index (χ1n) is 11.6. The molecule has 5 heteroatoms. The predicted molar refractivity (Wildman–Crippen MR) is 131 cm³/mol. The summed E-state index contributed by atoms with van der Waals surface area (Å²) in [6, 6.07) is 26.7. The lowest BCUT2D eigenvalue weighted by atomic mass is 9.96. The highest BCUT2D eigenvalue weighted by Crippen LogP contribution is 2.30. The molecule has 0 aliphatic carbocycles. The Morgan fingerprint density at radius 1 is 0.970 bits per heavy atom. The number of benzene rings is 3. The molecule has 5 nitrogen and oxygen atoms in total. The van der Waals surface area contributed by atoms with Gasteiger partial charge in [-0.3, -0.25) is 4.79 Å². The third-order valence-corrected chi connectivity index (χ3v) is 6.72. The Kier molecular flexibility index (Phi) is 4.95. The van der Waals surface area contributed by atoms with Crippen LogP contribution in [0.3, 0.4) is 0 Å². The Labute approximate surface area is 192 Å². The number of fused-ring (bicyclic) bond motifs is 2. The maximum Gasteiger partial charge on any atom is 0.256 e. The lowest BCUT2D eigenvalue weighted by Gasteiger charge is -2.31. The van der Waals surface area contributed by atoms with Crippen molar-refractivity contribution in [3.05, 3.63) is 102 Å². The summed E-state index contributed by atoms with van der Waals surface area (Å²) in [7, 11) is 0. The Hall–Kier alpha value is -3.86. The standard InChI is InChI=1S/C28H26N4O/c33-28(31-16-8-11-21(18-31)27-29-24-13-5-6-14-25(24)30-27)23-19-32(17-20-9-2-1-3-10-20)26-15-7-4-12-22(23)26/h1-7,9-10,12-15,19,21H,8,11,16-18H2,(H,29,30). The molecule has 1 atom stereocenters. The number of carbonyl (C=O) groups excluding carboxylic acids is 1. The van der Waals surface area contributed by atoms with E-state index >= 15 is 0 Å². The number of nitrogens with zero attached hydrogens (tertiary/aromatic N) is 3. The number of para-hydroxylation sites is 3. The molecular formula is C28H26N4O. The Bertz CT molecular complexity index is 1400. The number of nitrogens with one attached hydrogen (secondary N) is 1. The van der Waals surface area contributed by atoms with Gasteiger partial charge in [-0.25, -0.2) is 4.98 Å². The zero-order valence-corrected chi connectivity index (χ0v) is 18.4. The number of aromatic nitrogens is 3. The van der Waals surface area contributed by atoms with Crippen LogP contribution in [0.1, 0.15) is 40.5 Å². The van der Waals surface area contributed by atoms with Gasteiger partial charge in [-0.1, -0.05) is 60.7 Å². The highest BCUT2D eigenvalue weighted by molar-refractivity contribution is 6.07. The summed E-state index contributed by atoms with van der Waals surface area (Å²) in [5, 5.41) is 1.02. The van der Waals surface area contributed by atoms with Gasteiger partial charge in [0.15, 0.2) is 0 Å². The van der Waals surface area contributed by atoms with Crippen LogP contribution in [0, 0.1) is 0 Å². The zero-order valence-electron chi connectivity index (χ0n) is 18.4. The van der Waals surface area contributed by atoms with E-state index in [-0.39, 0.29) is 11.8 Å². The van der Waals surface area contributed by atoms with Gasteiger partial charge in [0.05, 0.1) is 16.6 Å². The van der Waals surface area contributed by atoms with E-state index < -0.39 is 0 Å². The summed E-state index contributed by atoms with van der Waals surface area (Å²) in [5.74, 6) is 1.33. The second kappa shape index (κ2) is 8.24. The average molecular weight is 435 g/mol. The Balaban J connectivity index is 1.29. The second-order valence-electron chi connectivity index (χ2n) is 8.90. The molecule has 5 aromatic rings. The number of piperidine rings is 1. The molecule has 6 rings (SSSR count). The largest absolute Gasteiger partial charge is 0.342 e. The molecule has 2 aromatic heterocycles. The van der Waals surface area contributed by atoms with Crippen LogP contribution in [0.25, 0.3) is 21.9 Å². The van der Waals surface area contributed by atoms with Crippen LogP contribution in [-0.2, 0) is 6.54 Å². The summed E-state index contributed by atoms with van der Waals surface area (Å²) < 4.78 is 2.19. The molecule has 0 radical (unpaired) electrons. The van der Waals surface area contributed by atoms with Crippen LogP contribution in [0.2, 0.25) is 0 Å². The number of amides is 1. The summed E-state index contributed by atoms with van der Waals surface area (Å²) in [6.45, 7) is 2.22. The number of carbonyl (C=O) groups is 1. The van der Waals surface area contributed by atoms with Crippen molar-refractivity contribution in [2.45, 2.75) is 25.3 Å². The normalized spacial score (nSPS) is 16.5. The van der Waals surface area contributed by atoms with Crippen LogP contribution < -0.4 is 0 Å². The van der Waals surface area contributed by atoms with Crippen molar-refractivity contribution in [2.75, 3.05) is 13.1 Å². The van der Waals surface area contributed by atoms with Crippen LogP contribution in [0.15, 0.2) is 85.1 Å². The number of rotatable bonds is 4. The third kappa shape index (κ3) is 3.69. The molecule has 1 unspecified atom stereocenters. The summed E-state index contributed by atoms with van der Waals surface area (Å²) in [6.07, 6.45) is 4.06. The fraction of sp³-hybridized carbons (Fsp3) is 0.214. The fourth-order valence-corrected chi connectivity index (χ4v) is 5.05. The zero-order chi connectivity index (χ0) is 22.2. The van der Waals surface area contributed by atoms with E-state index in [0.717, 1.165) is 59.3 Å². The molecule has 1 amide bonds. The number of hydrogen-bond donors (Lipinski definition) is 1. The predicted octanol–water partition coefficient (Wildman–Crippen LogP) is 5.59. The molecule has 0 spiro atoms. The van der Waals surface area contributed by atoms with E-state index in [1.807, 2.05) is 47.5 Å². The first-order chi connectivity index (χ1) is 16.3. The maximum atomic E-state index is 13.7. The van der Waals surface area contributed by atoms with Gasteiger partial charge >= 0.3 is 0 Å². The van der Waals surface area contributed by atoms with Gasteiger partial charge in [-0.2, -0.15) is 0 Å². The van der Waals surface area contributed by atoms with Crippen LogP contribution in [-0.4, -0.2) is 38.4 Å². The van der Waals surface area contributed by atoms with Gasteiger partial charge in [0, 0.05) is 42.7 Å². The van der Waals surface area contributed by atoms with Crippen LogP contribution >= 0.6 is 0 Å². The summed E-state index contributed by atoms with van der Waals surface area (Å²) in [5.41, 5.74) is 5.14.